The van der Waals surface area contributed by atoms with Gasteiger partial charge < -0.3 is 9.47 Å². The lowest BCUT2D eigenvalue weighted by atomic mass is 9.99. The standard InChI is InChI=1S/C21H22N4O4/c1-11(26)20-14-6-13-15-8-22-12(2)23-16(15)10-28-18(13)7-17(14)25(24-20)9-19(27)29-21(3,4)5/h6-8H,9-10H2,1-5H3. The zero-order valence-electron chi connectivity index (χ0n) is 17.1. The van der Waals surface area contributed by atoms with E-state index in [0.29, 0.717) is 34.8 Å². The van der Waals surface area contributed by atoms with E-state index in [1.807, 2.05) is 13.0 Å². The van der Waals surface area contributed by atoms with E-state index in [0.717, 1.165) is 16.8 Å². The second kappa shape index (κ2) is 6.65. The Morgan fingerprint density at radius 3 is 2.69 bits per heavy atom. The number of aromatic nitrogens is 4. The molecule has 0 aliphatic carbocycles. The number of hydrogen-bond donors (Lipinski definition) is 0. The van der Waals surface area contributed by atoms with Crippen LogP contribution in [0.1, 0.15) is 49.7 Å². The molecule has 29 heavy (non-hydrogen) atoms. The number of ether oxygens (including phenoxy) is 2. The highest BCUT2D eigenvalue weighted by molar-refractivity contribution is 6.06. The summed E-state index contributed by atoms with van der Waals surface area (Å²) < 4.78 is 12.8. The molecule has 3 aromatic rings. The van der Waals surface area contributed by atoms with Gasteiger partial charge >= 0.3 is 5.97 Å². The van der Waals surface area contributed by atoms with Gasteiger partial charge in [0.15, 0.2) is 5.78 Å². The van der Waals surface area contributed by atoms with Gasteiger partial charge in [0.25, 0.3) is 0 Å². The first kappa shape index (κ1) is 19.0. The van der Waals surface area contributed by atoms with Crippen LogP contribution in [0.4, 0.5) is 0 Å². The fourth-order valence-corrected chi connectivity index (χ4v) is 3.41. The van der Waals surface area contributed by atoms with Crippen molar-refractivity contribution in [3.05, 3.63) is 35.5 Å². The van der Waals surface area contributed by atoms with Gasteiger partial charge in [-0.15, -0.1) is 0 Å². The molecule has 0 fully saturated rings. The summed E-state index contributed by atoms with van der Waals surface area (Å²) in [5, 5.41) is 5.03. The van der Waals surface area contributed by atoms with Crippen molar-refractivity contribution in [1.29, 1.82) is 0 Å². The lowest BCUT2D eigenvalue weighted by Gasteiger charge is -2.21. The van der Waals surface area contributed by atoms with E-state index < -0.39 is 11.6 Å². The molecule has 0 amide bonds. The first-order valence-corrected chi connectivity index (χ1v) is 9.35. The van der Waals surface area contributed by atoms with Crippen LogP contribution in [-0.2, 0) is 22.7 Å². The van der Waals surface area contributed by atoms with Gasteiger partial charge in [-0.25, -0.2) is 9.97 Å². The summed E-state index contributed by atoms with van der Waals surface area (Å²) in [6.07, 6.45) is 1.77. The lowest BCUT2D eigenvalue weighted by Crippen LogP contribution is -2.26. The SMILES string of the molecule is CC(=O)c1nn(CC(=O)OC(C)(C)C)c2cc3c(cc12)-c1cnc(C)nc1CO3. The van der Waals surface area contributed by atoms with Crippen LogP contribution in [0.5, 0.6) is 5.75 Å². The highest BCUT2D eigenvalue weighted by Gasteiger charge is 2.25. The van der Waals surface area contributed by atoms with E-state index in [9.17, 15) is 9.59 Å². The van der Waals surface area contributed by atoms with Crippen LogP contribution in [0.3, 0.4) is 0 Å². The molecular formula is C21H22N4O4. The molecule has 0 N–H and O–H groups in total. The number of esters is 1. The number of carbonyl (C=O) groups is 2. The number of benzene rings is 1. The molecule has 0 saturated carbocycles. The lowest BCUT2D eigenvalue weighted by molar-refractivity contribution is -0.155. The zero-order valence-corrected chi connectivity index (χ0v) is 17.1. The quantitative estimate of drug-likeness (QED) is 0.497. The molecule has 2 aromatic heterocycles. The average molecular weight is 394 g/mol. The van der Waals surface area contributed by atoms with Crippen molar-refractivity contribution >= 4 is 22.7 Å². The van der Waals surface area contributed by atoms with Gasteiger partial charge in [0.1, 0.15) is 36.0 Å². The second-order valence-corrected chi connectivity index (χ2v) is 8.08. The number of Topliss-reactive ketones (excluding diaryl/α,β-unsaturated/α-hetero) is 1. The number of ketones is 1. The Labute approximate surface area is 167 Å². The molecule has 1 aromatic carbocycles. The molecule has 4 rings (SSSR count). The van der Waals surface area contributed by atoms with Crippen LogP contribution in [-0.4, -0.2) is 37.1 Å². The molecule has 0 saturated heterocycles. The van der Waals surface area contributed by atoms with Crippen molar-refractivity contribution in [2.24, 2.45) is 0 Å². The van der Waals surface area contributed by atoms with Crippen LogP contribution in [0, 0.1) is 6.92 Å². The number of carbonyl (C=O) groups excluding carboxylic acids is 2. The first-order chi connectivity index (χ1) is 13.6. The van der Waals surface area contributed by atoms with Gasteiger partial charge in [-0.3, -0.25) is 14.3 Å². The maximum atomic E-state index is 12.3. The van der Waals surface area contributed by atoms with Gasteiger partial charge in [-0.05, 0) is 33.8 Å². The molecule has 8 nitrogen and oxygen atoms in total. The fourth-order valence-electron chi connectivity index (χ4n) is 3.41. The average Bonchev–Trinajstić information content (AvgIpc) is 2.95. The van der Waals surface area contributed by atoms with Crippen molar-refractivity contribution in [3.63, 3.8) is 0 Å². The van der Waals surface area contributed by atoms with E-state index in [2.05, 4.69) is 15.1 Å². The summed E-state index contributed by atoms with van der Waals surface area (Å²) in [5.41, 5.74) is 2.80. The van der Waals surface area contributed by atoms with Crippen LogP contribution < -0.4 is 4.74 Å². The summed E-state index contributed by atoms with van der Waals surface area (Å²) in [4.78, 5) is 33.3. The third kappa shape index (κ3) is 3.57. The van der Waals surface area contributed by atoms with Crippen LogP contribution >= 0.6 is 0 Å². The third-order valence-corrected chi connectivity index (χ3v) is 4.53. The molecule has 3 heterocycles. The largest absolute Gasteiger partial charge is 0.487 e. The Hall–Kier alpha value is -3.29. The predicted octanol–water partition coefficient (Wildman–Crippen LogP) is 3.24. The zero-order chi connectivity index (χ0) is 20.9. The van der Waals surface area contributed by atoms with Crippen molar-refractivity contribution in [2.45, 2.75) is 53.4 Å². The highest BCUT2D eigenvalue weighted by atomic mass is 16.6. The van der Waals surface area contributed by atoms with Crippen molar-refractivity contribution in [1.82, 2.24) is 19.7 Å². The van der Waals surface area contributed by atoms with E-state index in [1.165, 1.54) is 11.6 Å². The molecule has 0 spiro atoms. The van der Waals surface area contributed by atoms with Crippen LogP contribution in [0.15, 0.2) is 18.3 Å². The molecule has 1 aliphatic rings. The number of aryl methyl sites for hydroxylation is 1. The Morgan fingerprint density at radius 2 is 2.00 bits per heavy atom. The molecule has 0 atom stereocenters. The Bertz CT molecular complexity index is 1160. The highest BCUT2D eigenvalue weighted by Crippen LogP contribution is 2.40. The summed E-state index contributed by atoms with van der Waals surface area (Å²) >= 11 is 0. The Morgan fingerprint density at radius 1 is 1.24 bits per heavy atom. The third-order valence-electron chi connectivity index (χ3n) is 4.53. The van der Waals surface area contributed by atoms with E-state index in [-0.39, 0.29) is 12.3 Å². The van der Waals surface area contributed by atoms with E-state index >= 15 is 0 Å². The Balaban J connectivity index is 1.84. The first-order valence-electron chi connectivity index (χ1n) is 9.35. The minimum atomic E-state index is -0.604. The number of hydrogen-bond acceptors (Lipinski definition) is 7. The molecule has 1 aliphatic heterocycles. The molecule has 0 radical (unpaired) electrons. The Kier molecular flexibility index (Phi) is 4.37. The number of fused-ring (bicyclic) bond motifs is 4. The van der Waals surface area contributed by atoms with Crippen molar-refractivity contribution in [2.75, 3.05) is 0 Å². The maximum Gasteiger partial charge on any atom is 0.328 e. The van der Waals surface area contributed by atoms with Crippen LogP contribution in [0.2, 0.25) is 0 Å². The number of rotatable bonds is 3. The fraction of sp³-hybridized carbons (Fsp3) is 0.381. The minimum Gasteiger partial charge on any atom is -0.487 e. The molecule has 0 bridgehead atoms. The van der Waals surface area contributed by atoms with Crippen molar-refractivity contribution < 1.29 is 19.1 Å². The van der Waals surface area contributed by atoms with Gasteiger partial charge in [0.2, 0.25) is 0 Å². The van der Waals surface area contributed by atoms with Gasteiger partial charge in [0.05, 0.1) is 11.2 Å². The number of nitrogens with zero attached hydrogens (tertiary/aromatic N) is 4. The van der Waals surface area contributed by atoms with E-state index in [1.54, 1.807) is 33.0 Å². The summed E-state index contributed by atoms with van der Waals surface area (Å²) in [7, 11) is 0. The molecule has 0 unspecified atom stereocenters. The van der Waals surface area contributed by atoms with Gasteiger partial charge in [0, 0.05) is 35.7 Å². The molecule has 8 heteroatoms. The normalized spacial score (nSPS) is 12.9. The van der Waals surface area contributed by atoms with Gasteiger partial charge in [-0.2, -0.15) is 5.10 Å². The summed E-state index contributed by atoms with van der Waals surface area (Å²) in [6, 6.07) is 3.66. The monoisotopic (exact) mass is 394 g/mol. The van der Waals surface area contributed by atoms with Crippen LogP contribution in [0.25, 0.3) is 22.0 Å². The van der Waals surface area contributed by atoms with E-state index in [4.69, 9.17) is 9.47 Å². The smallest absolute Gasteiger partial charge is 0.328 e. The molecule has 150 valence electrons. The molecular weight excluding hydrogens is 372 g/mol. The summed E-state index contributed by atoms with van der Waals surface area (Å²) in [6.45, 7) is 8.93. The summed E-state index contributed by atoms with van der Waals surface area (Å²) in [5.74, 6) is 0.698. The maximum absolute atomic E-state index is 12.3. The minimum absolute atomic E-state index is 0.0985. The van der Waals surface area contributed by atoms with Crippen molar-refractivity contribution in [3.8, 4) is 16.9 Å². The van der Waals surface area contributed by atoms with Gasteiger partial charge in [-0.1, -0.05) is 0 Å². The topological polar surface area (TPSA) is 96.2 Å². The predicted molar refractivity (Wildman–Crippen MR) is 106 cm³/mol. The second-order valence-electron chi connectivity index (χ2n) is 8.08.